The maximum Gasteiger partial charge on any atom is 0.181 e. The van der Waals surface area contributed by atoms with Crippen molar-refractivity contribution >= 4 is 0 Å². The fraction of sp³-hybridized carbons (Fsp3) is 0.500. The molecule has 0 amide bonds. The second-order valence-electron chi connectivity index (χ2n) is 9.96. The molecular weight excluding hydrogens is 448 g/mol. The molecule has 4 aromatic rings. The van der Waals surface area contributed by atoms with Crippen LogP contribution in [0.1, 0.15) is 81.9 Å². The molecule has 0 atom stereocenters. The Hall–Kier alpha value is -3.42. The predicted octanol–water partition coefficient (Wildman–Crippen LogP) is 5.81. The van der Waals surface area contributed by atoms with Crippen LogP contribution in [-0.2, 0) is 19.4 Å². The number of aromatic amines is 1. The standard InChI is InChI=1S/C28H36N8/c1-2-3-7-18-36-27(30-26(33-36)15-12-21-8-5-4-6-9-21)19-22-10-13-23(14-11-22)24-16-17-29-20-25(24)28-31-34-35-32-28/h10-11,13-14,16-17,20-21H,2-9,12,15,18-19H2,1H3,(H,31,32,34,35). The lowest BCUT2D eigenvalue weighted by Crippen LogP contribution is -2.08. The van der Waals surface area contributed by atoms with Gasteiger partial charge in [-0.05, 0) is 51.9 Å². The molecule has 1 aromatic carbocycles. The third-order valence-electron chi connectivity index (χ3n) is 7.32. The molecule has 1 aliphatic carbocycles. The lowest BCUT2D eigenvalue weighted by Gasteiger charge is -2.20. The van der Waals surface area contributed by atoms with Gasteiger partial charge in [0.15, 0.2) is 11.6 Å². The summed E-state index contributed by atoms with van der Waals surface area (Å²) in [6.07, 6.45) is 17.1. The number of H-pyrrole nitrogens is 1. The van der Waals surface area contributed by atoms with Crippen molar-refractivity contribution in [2.45, 2.75) is 84.1 Å². The zero-order chi connectivity index (χ0) is 24.6. The molecule has 0 radical (unpaired) electrons. The van der Waals surface area contributed by atoms with Crippen LogP contribution in [-0.4, -0.2) is 40.4 Å². The van der Waals surface area contributed by atoms with Crippen molar-refractivity contribution in [1.29, 1.82) is 0 Å². The number of aromatic nitrogens is 8. The van der Waals surface area contributed by atoms with Crippen molar-refractivity contribution in [1.82, 2.24) is 40.4 Å². The molecule has 1 N–H and O–H groups in total. The summed E-state index contributed by atoms with van der Waals surface area (Å²) in [6, 6.07) is 10.7. The maximum atomic E-state index is 5.01. The SMILES string of the molecule is CCCCCn1nc(CCC2CCCCC2)nc1Cc1ccc(-c2ccncc2-c2nnn[nH]2)cc1. The molecule has 1 fully saturated rings. The van der Waals surface area contributed by atoms with Gasteiger partial charge in [-0.25, -0.2) is 14.8 Å². The van der Waals surface area contributed by atoms with Gasteiger partial charge in [-0.15, -0.1) is 5.10 Å². The number of rotatable bonds is 11. The van der Waals surface area contributed by atoms with Crippen LogP contribution < -0.4 is 0 Å². The van der Waals surface area contributed by atoms with Gasteiger partial charge in [-0.1, -0.05) is 76.1 Å². The molecule has 3 heterocycles. The second kappa shape index (κ2) is 12.0. The molecule has 3 aromatic heterocycles. The Labute approximate surface area is 213 Å². The highest BCUT2D eigenvalue weighted by molar-refractivity contribution is 5.79. The molecule has 8 nitrogen and oxygen atoms in total. The van der Waals surface area contributed by atoms with Gasteiger partial charge in [0, 0.05) is 37.3 Å². The number of aryl methyl sites for hydroxylation is 2. The second-order valence-corrected chi connectivity index (χ2v) is 9.96. The molecule has 188 valence electrons. The zero-order valence-corrected chi connectivity index (χ0v) is 21.2. The number of hydrogen-bond acceptors (Lipinski definition) is 6. The number of benzene rings is 1. The monoisotopic (exact) mass is 484 g/mol. The molecule has 36 heavy (non-hydrogen) atoms. The lowest BCUT2D eigenvalue weighted by molar-refractivity contribution is 0.337. The van der Waals surface area contributed by atoms with Crippen LogP contribution >= 0.6 is 0 Å². The smallest absolute Gasteiger partial charge is 0.181 e. The minimum atomic E-state index is 0.614. The highest BCUT2D eigenvalue weighted by Gasteiger charge is 2.17. The van der Waals surface area contributed by atoms with Crippen molar-refractivity contribution in [2.75, 3.05) is 0 Å². The number of pyridine rings is 1. The van der Waals surface area contributed by atoms with E-state index in [4.69, 9.17) is 10.1 Å². The number of tetrazole rings is 1. The van der Waals surface area contributed by atoms with E-state index in [0.717, 1.165) is 60.1 Å². The molecule has 0 unspecified atom stereocenters. The highest BCUT2D eigenvalue weighted by atomic mass is 15.5. The van der Waals surface area contributed by atoms with E-state index in [1.165, 1.54) is 56.9 Å². The highest BCUT2D eigenvalue weighted by Crippen LogP contribution is 2.30. The quantitative estimate of drug-likeness (QED) is 0.270. The average Bonchev–Trinajstić information content (AvgIpc) is 3.59. The molecule has 5 rings (SSSR count). The largest absolute Gasteiger partial charge is 0.264 e. The minimum absolute atomic E-state index is 0.614. The van der Waals surface area contributed by atoms with Crippen molar-refractivity contribution in [3.63, 3.8) is 0 Å². The molecule has 0 bridgehead atoms. The topological polar surface area (TPSA) is 98.1 Å². The van der Waals surface area contributed by atoms with E-state index in [1.807, 2.05) is 6.07 Å². The van der Waals surface area contributed by atoms with Gasteiger partial charge in [0.2, 0.25) is 0 Å². The Bertz CT molecular complexity index is 1210. The Balaban J connectivity index is 1.31. The fourth-order valence-electron chi connectivity index (χ4n) is 5.26. The lowest BCUT2D eigenvalue weighted by atomic mass is 9.86. The van der Waals surface area contributed by atoms with Crippen LogP contribution in [0.4, 0.5) is 0 Å². The molecule has 1 aliphatic rings. The van der Waals surface area contributed by atoms with Crippen LogP contribution in [0.25, 0.3) is 22.5 Å². The Morgan fingerprint density at radius 1 is 1.00 bits per heavy atom. The number of hydrogen-bond donors (Lipinski definition) is 1. The summed E-state index contributed by atoms with van der Waals surface area (Å²) in [6.45, 7) is 3.19. The number of unbranched alkanes of at least 4 members (excludes halogenated alkanes) is 2. The third kappa shape index (κ3) is 6.04. The summed E-state index contributed by atoms with van der Waals surface area (Å²) in [5, 5.41) is 19.3. The summed E-state index contributed by atoms with van der Waals surface area (Å²) >= 11 is 0. The van der Waals surface area contributed by atoms with E-state index in [9.17, 15) is 0 Å². The molecular formula is C28H36N8. The minimum Gasteiger partial charge on any atom is -0.264 e. The Morgan fingerprint density at radius 2 is 1.86 bits per heavy atom. The first-order chi connectivity index (χ1) is 17.8. The summed E-state index contributed by atoms with van der Waals surface area (Å²) in [5.74, 6) is 3.57. The average molecular weight is 485 g/mol. The number of nitrogens with one attached hydrogen (secondary N) is 1. The van der Waals surface area contributed by atoms with Gasteiger partial charge in [-0.2, -0.15) is 5.10 Å². The van der Waals surface area contributed by atoms with Crippen molar-refractivity contribution in [3.8, 4) is 22.5 Å². The van der Waals surface area contributed by atoms with Gasteiger partial charge in [-0.3, -0.25) is 4.98 Å². The van der Waals surface area contributed by atoms with Crippen LogP contribution in [0.15, 0.2) is 42.7 Å². The van der Waals surface area contributed by atoms with Gasteiger partial charge in [0.25, 0.3) is 0 Å². The molecule has 0 aliphatic heterocycles. The Kier molecular flexibility index (Phi) is 8.10. The van der Waals surface area contributed by atoms with Gasteiger partial charge >= 0.3 is 0 Å². The van der Waals surface area contributed by atoms with Gasteiger partial charge < -0.3 is 0 Å². The Morgan fingerprint density at radius 3 is 2.64 bits per heavy atom. The van der Waals surface area contributed by atoms with Crippen LogP contribution in [0, 0.1) is 5.92 Å². The molecule has 0 spiro atoms. The maximum absolute atomic E-state index is 5.01. The van der Waals surface area contributed by atoms with Crippen LogP contribution in [0.2, 0.25) is 0 Å². The summed E-state index contributed by atoms with van der Waals surface area (Å²) in [7, 11) is 0. The van der Waals surface area contributed by atoms with Gasteiger partial charge in [0.1, 0.15) is 5.82 Å². The van der Waals surface area contributed by atoms with Crippen molar-refractivity contribution < 1.29 is 0 Å². The first-order valence-corrected chi connectivity index (χ1v) is 13.5. The van der Waals surface area contributed by atoms with Crippen molar-refractivity contribution in [3.05, 3.63) is 59.9 Å². The summed E-state index contributed by atoms with van der Waals surface area (Å²) < 4.78 is 2.16. The van der Waals surface area contributed by atoms with E-state index >= 15 is 0 Å². The first kappa shape index (κ1) is 24.3. The third-order valence-corrected chi connectivity index (χ3v) is 7.32. The van der Waals surface area contributed by atoms with Gasteiger partial charge in [0.05, 0.1) is 0 Å². The predicted molar refractivity (Wildman–Crippen MR) is 140 cm³/mol. The van der Waals surface area contributed by atoms with Crippen LogP contribution in [0.3, 0.4) is 0 Å². The van der Waals surface area contributed by atoms with Crippen LogP contribution in [0.5, 0.6) is 0 Å². The number of nitrogens with zero attached hydrogens (tertiary/aromatic N) is 7. The van der Waals surface area contributed by atoms with E-state index < -0.39 is 0 Å². The fourth-order valence-corrected chi connectivity index (χ4v) is 5.26. The van der Waals surface area contributed by atoms with Crippen molar-refractivity contribution in [2.24, 2.45) is 5.92 Å². The molecule has 8 heteroatoms. The zero-order valence-electron chi connectivity index (χ0n) is 21.2. The van der Waals surface area contributed by atoms with E-state index in [0.29, 0.717) is 5.82 Å². The van der Waals surface area contributed by atoms with E-state index in [2.05, 4.69) is 61.5 Å². The summed E-state index contributed by atoms with van der Waals surface area (Å²) in [5.41, 5.74) is 4.26. The first-order valence-electron chi connectivity index (χ1n) is 13.5. The molecule has 0 saturated heterocycles. The normalized spacial score (nSPS) is 14.4. The van der Waals surface area contributed by atoms with E-state index in [-0.39, 0.29) is 0 Å². The summed E-state index contributed by atoms with van der Waals surface area (Å²) in [4.78, 5) is 9.27. The van der Waals surface area contributed by atoms with E-state index in [1.54, 1.807) is 12.4 Å². The molecule has 1 saturated carbocycles.